The van der Waals surface area contributed by atoms with Gasteiger partial charge >= 0.3 is 0 Å². The SMILES string of the molecule is COc1ccc(C(=O)NCCc2ccccc2F)cc1. The van der Waals surface area contributed by atoms with Gasteiger partial charge in [0.05, 0.1) is 7.11 Å². The molecule has 0 saturated carbocycles. The first-order chi connectivity index (χ1) is 9.70. The number of rotatable bonds is 5. The monoisotopic (exact) mass is 273 g/mol. The van der Waals surface area contributed by atoms with Crippen molar-refractivity contribution in [3.05, 3.63) is 65.5 Å². The number of methoxy groups -OCH3 is 1. The molecule has 0 aromatic heterocycles. The zero-order chi connectivity index (χ0) is 14.4. The molecule has 2 aromatic rings. The van der Waals surface area contributed by atoms with Crippen LogP contribution in [0.1, 0.15) is 15.9 Å². The van der Waals surface area contributed by atoms with E-state index in [1.54, 1.807) is 49.6 Å². The molecule has 0 bridgehead atoms. The molecule has 20 heavy (non-hydrogen) atoms. The third-order valence-electron chi connectivity index (χ3n) is 2.99. The van der Waals surface area contributed by atoms with Gasteiger partial charge in [-0.1, -0.05) is 18.2 Å². The Kier molecular flexibility index (Phi) is 4.71. The number of carbonyl (C=O) groups is 1. The summed E-state index contributed by atoms with van der Waals surface area (Å²) < 4.78 is 18.4. The molecule has 0 unspecified atom stereocenters. The Balaban J connectivity index is 1.87. The Labute approximate surface area is 117 Å². The molecule has 0 spiro atoms. The zero-order valence-corrected chi connectivity index (χ0v) is 11.2. The molecule has 104 valence electrons. The van der Waals surface area contributed by atoms with Gasteiger partial charge in [-0.3, -0.25) is 4.79 Å². The number of hydrogen-bond donors (Lipinski definition) is 1. The molecule has 0 heterocycles. The smallest absolute Gasteiger partial charge is 0.251 e. The second-order valence-electron chi connectivity index (χ2n) is 4.33. The first-order valence-electron chi connectivity index (χ1n) is 6.36. The molecule has 1 N–H and O–H groups in total. The summed E-state index contributed by atoms with van der Waals surface area (Å²) >= 11 is 0. The topological polar surface area (TPSA) is 38.3 Å². The normalized spacial score (nSPS) is 10.1. The van der Waals surface area contributed by atoms with E-state index in [-0.39, 0.29) is 11.7 Å². The highest BCUT2D eigenvalue weighted by atomic mass is 19.1. The van der Waals surface area contributed by atoms with Crippen molar-refractivity contribution in [1.82, 2.24) is 5.32 Å². The van der Waals surface area contributed by atoms with Crippen LogP contribution in [-0.2, 0) is 6.42 Å². The minimum Gasteiger partial charge on any atom is -0.497 e. The maximum Gasteiger partial charge on any atom is 0.251 e. The van der Waals surface area contributed by atoms with E-state index < -0.39 is 0 Å². The van der Waals surface area contributed by atoms with Gasteiger partial charge in [-0.15, -0.1) is 0 Å². The first-order valence-corrected chi connectivity index (χ1v) is 6.36. The fraction of sp³-hybridized carbons (Fsp3) is 0.188. The summed E-state index contributed by atoms with van der Waals surface area (Å²) in [7, 11) is 1.57. The fourth-order valence-corrected chi connectivity index (χ4v) is 1.86. The summed E-state index contributed by atoms with van der Waals surface area (Å²) in [5, 5.41) is 2.77. The highest BCUT2D eigenvalue weighted by molar-refractivity contribution is 5.94. The Morgan fingerprint density at radius 3 is 2.50 bits per heavy atom. The van der Waals surface area contributed by atoms with E-state index in [9.17, 15) is 9.18 Å². The zero-order valence-electron chi connectivity index (χ0n) is 11.2. The minimum absolute atomic E-state index is 0.177. The molecular formula is C16H16FNO2. The number of halogens is 1. The predicted octanol–water partition coefficient (Wildman–Crippen LogP) is 2.81. The predicted molar refractivity (Wildman–Crippen MR) is 75.4 cm³/mol. The minimum atomic E-state index is -0.244. The van der Waals surface area contributed by atoms with Crippen molar-refractivity contribution in [2.75, 3.05) is 13.7 Å². The summed E-state index contributed by atoms with van der Waals surface area (Å²) in [4.78, 5) is 11.9. The van der Waals surface area contributed by atoms with Gasteiger partial charge in [0, 0.05) is 12.1 Å². The molecule has 2 rings (SSSR count). The van der Waals surface area contributed by atoms with E-state index in [0.717, 1.165) is 0 Å². The van der Waals surface area contributed by atoms with Gasteiger partial charge in [-0.25, -0.2) is 4.39 Å². The quantitative estimate of drug-likeness (QED) is 0.909. The van der Waals surface area contributed by atoms with E-state index in [4.69, 9.17) is 4.74 Å². The molecule has 3 nitrogen and oxygen atoms in total. The maximum absolute atomic E-state index is 13.4. The summed E-state index contributed by atoms with van der Waals surface area (Å²) in [6, 6.07) is 13.4. The van der Waals surface area contributed by atoms with Gasteiger partial charge in [0.25, 0.3) is 5.91 Å². The molecule has 0 saturated heterocycles. The number of amides is 1. The number of nitrogens with one attached hydrogen (secondary N) is 1. The van der Waals surface area contributed by atoms with Gasteiger partial charge in [-0.2, -0.15) is 0 Å². The lowest BCUT2D eigenvalue weighted by Gasteiger charge is -2.07. The van der Waals surface area contributed by atoms with Crippen LogP contribution in [0.4, 0.5) is 4.39 Å². The van der Waals surface area contributed by atoms with Crippen LogP contribution in [0.25, 0.3) is 0 Å². The van der Waals surface area contributed by atoms with Crippen molar-refractivity contribution in [3.63, 3.8) is 0 Å². The van der Waals surface area contributed by atoms with Crippen molar-refractivity contribution in [2.24, 2.45) is 0 Å². The van der Waals surface area contributed by atoms with Crippen molar-refractivity contribution in [2.45, 2.75) is 6.42 Å². The van der Waals surface area contributed by atoms with Crippen molar-refractivity contribution in [3.8, 4) is 5.75 Å². The maximum atomic E-state index is 13.4. The van der Waals surface area contributed by atoms with Crippen LogP contribution in [-0.4, -0.2) is 19.6 Å². The molecule has 2 aromatic carbocycles. The van der Waals surface area contributed by atoms with Gasteiger partial charge in [0.15, 0.2) is 0 Å². The fourth-order valence-electron chi connectivity index (χ4n) is 1.86. The van der Waals surface area contributed by atoms with Crippen LogP contribution in [0.3, 0.4) is 0 Å². The van der Waals surface area contributed by atoms with E-state index in [0.29, 0.717) is 29.8 Å². The molecule has 0 aliphatic carbocycles. The lowest BCUT2D eigenvalue weighted by Crippen LogP contribution is -2.25. The van der Waals surface area contributed by atoms with E-state index in [2.05, 4.69) is 5.32 Å². The average molecular weight is 273 g/mol. The van der Waals surface area contributed by atoms with Crippen LogP contribution in [0.5, 0.6) is 5.75 Å². The third-order valence-corrected chi connectivity index (χ3v) is 2.99. The lowest BCUT2D eigenvalue weighted by atomic mass is 10.1. The molecule has 0 aliphatic heterocycles. The van der Waals surface area contributed by atoms with Crippen molar-refractivity contribution in [1.29, 1.82) is 0 Å². The summed E-state index contributed by atoms with van der Waals surface area (Å²) in [6.07, 6.45) is 0.467. The molecule has 1 amide bonds. The second-order valence-corrected chi connectivity index (χ2v) is 4.33. The Morgan fingerprint density at radius 2 is 1.85 bits per heavy atom. The number of carbonyl (C=O) groups excluding carboxylic acids is 1. The molecule has 0 aliphatic rings. The lowest BCUT2D eigenvalue weighted by molar-refractivity contribution is 0.0954. The molecule has 4 heteroatoms. The Hall–Kier alpha value is -2.36. The van der Waals surface area contributed by atoms with Crippen LogP contribution in [0.15, 0.2) is 48.5 Å². The van der Waals surface area contributed by atoms with Crippen LogP contribution >= 0.6 is 0 Å². The second kappa shape index (κ2) is 6.70. The summed E-state index contributed by atoms with van der Waals surface area (Å²) in [5.74, 6) is 0.281. The van der Waals surface area contributed by atoms with E-state index in [1.165, 1.54) is 6.07 Å². The van der Waals surface area contributed by atoms with Crippen LogP contribution in [0, 0.1) is 5.82 Å². The largest absolute Gasteiger partial charge is 0.497 e. The molecule has 0 radical (unpaired) electrons. The number of ether oxygens (including phenoxy) is 1. The van der Waals surface area contributed by atoms with Gasteiger partial charge in [-0.05, 0) is 42.3 Å². The number of hydrogen-bond acceptors (Lipinski definition) is 2. The van der Waals surface area contributed by atoms with Crippen molar-refractivity contribution >= 4 is 5.91 Å². The Morgan fingerprint density at radius 1 is 1.15 bits per heavy atom. The first kappa shape index (κ1) is 14.1. The molecule has 0 atom stereocenters. The van der Waals surface area contributed by atoms with Crippen molar-refractivity contribution < 1.29 is 13.9 Å². The van der Waals surface area contributed by atoms with E-state index in [1.807, 2.05) is 0 Å². The Bertz CT molecular complexity index is 581. The van der Waals surface area contributed by atoms with Crippen LogP contribution < -0.4 is 10.1 Å². The van der Waals surface area contributed by atoms with Crippen LogP contribution in [0.2, 0.25) is 0 Å². The summed E-state index contributed by atoms with van der Waals surface area (Å²) in [5.41, 5.74) is 1.15. The highest BCUT2D eigenvalue weighted by Gasteiger charge is 2.06. The standard InChI is InChI=1S/C16H16FNO2/c1-20-14-8-6-13(7-9-14)16(19)18-11-10-12-4-2-3-5-15(12)17/h2-9H,10-11H2,1H3,(H,18,19). The van der Waals surface area contributed by atoms with E-state index >= 15 is 0 Å². The van der Waals surface area contributed by atoms with Gasteiger partial charge in [0.2, 0.25) is 0 Å². The highest BCUT2D eigenvalue weighted by Crippen LogP contribution is 2.11. The average Bonchev–Trinajstić information content (AvgIpc) is 2.49. The van der Waals surface area contributed by atoms with Gasteiger partial charge < -0.3 is 10.1 Å². The molecule has 0 fully saturated rings. The van der Waals surface area contributed by atoms with Gasteiger partial charge in [0.1, 0.15) is 11.6 Å². The number of benzene rings is 2. The third kappa shape index (κ3) is 3.57. The summed E-state index contributed by atoms with van der Waals surface area (Å²) in [6.45, 7) is 0.395. The molecular weight excluding hydrogens is 257 g/mol.